The first-order chi connectivity index (χ1) is 9.74. The predicted octanol–water partition coefficient (Wildman–Crippen LogP) is 2.00. The van der Waals surface area contributed by atoms with Gasteiger partial charge >= 0.3 is 5.69 Å². The van der Waals surface area contributed by atoms with Gasteiger partial charge in [0.2, 0.25) is 0 Å². The lowest BCUT2D eigenvalue weighted by atomic mass is 10.1. The van der Waals surface area contributed by atoms with Crippen LogP contribution in [0.25, 0.3) is 11.0 Å². The fourth-order valence-electron chi connectivity index (χ4n) is 3.18. The van der Waals surface area contributed by atoms with E-state index in [1.54, 1.807) is 7.11 Å². The van der Waals surface area contributed by atoms with Crippen LogP contribution in [0.2, 0.25) is 0 Å². The number of methoxy groups -OCH3 is 1. The van der Waals surface area contributed by atoms with Crippen molar-refractivity contribution in [2.24, 2.45) is 0 Å². The maximum atomic E-state index is 12.3. The fourth-order valence-corrected chi connectivity index (χ4v) is 3.18. The highest BCUT2D eigenvalue weighted by Crippen LogP contribution is 2.27. The standard InChI is InChI=1S/C15H21N3O2/c1-3-17-9-5-6-11(10-17)18-12-7-4-8-13(20-2)14(12)16-15(18)19/h4,7-8,11H,3,5-6,9-10H2,1-2H3,(H,16,19). The summed E-state index contributed by atoms with van der Waals surface area (Å²) in [5, 5.41) is 0. The molecule has 0 aliphatic carbocycles. The Kier molecular flexibility index (Phi) is 3.53. The predicted molar refractivity (Wildman–Crippen MR) is 79.5 cm³/mol. The molecule has 0 spiro atoms. The first kappa shape index (κ1) is 13.2. The average Bonchev–Trinajstić information content (AvgIpc) is 2.83. The van der Waals surface area contributed by atoms with Gasteiger partial charge in [0, 0.05) is 6.54 Å². The van der Waals surface area contributed by atoms with Gasteiger partial charge in [-0.1, -0.05) is 13.0 Å². The molecule has 2 aromatic rings. The summed E-state index contributed by atoms with van der Waals surface area (Å²) in [5.41, 5.74) is 1.71. The number of ether oxygens (including phenoxy) is 1. The van der Waals surface area contributed by atoms with Crippen LogP contribution in [0, 0.1) is 0 Å². The molecule has 0 saturated carbocycles. The molecule has 0 radical (unpaired) electrons. The normalized spacial score (nSPS) is 20.4. The van der Waals surface area contributed by atoms with Crippen LogP contribution in [0.1, 0.15) is 25.8 Å². The fraction of sp³-hybridized carbons (Fsp3) is 0.533. The number of likely N-dealkylation sites (tertiary alicyclic amines) is 1. The highest BCUT2D eigenvalue weighted by Gasteiger charge is 2.24. The van der Waals surface area contributed by atoms with E-state index in [1.165, 1.54) is 0 Å². The Balaban J connectivity index is 2.07. The molecule has 3 rings (SSSR count). The van der Waals surface area contributed by atoms with Crippen molar-refractivity contribution in [2.45, 2.75) is 25.8 Å². The third-order valence-corrected chi connectivity index (χ3v) is 4.23. The van der Waals surface area contributed by atoms with Gasteiger partial charge < -0.3 is 14.6 Å². The summed E-state index contributed by atoms with van der Waals surface area (Å²) in [6.07, 6.45) is 2.20. The van der Waals surface area contributed by atoms with E-state index in [1.807, 2.05) is 22.8 Å². The van der Waals surface area contributed by atoms with Crippen LogP contribution < -0.4 is 10.4 Å². The third-order valence-electron chi connectivity index (χ3n) is 4.23. The molecule has 1 aliphatic rings. The lowest BCUT2D eigenvalue weighted by molar-refractivity contribution is 0.185. The molecule has 1 unspecified atom stereocenters. The number of piperidine rings is 1. The molecule has 1 aromatic carbocycles. The first-order valence-electron chi connectivity index (χ1n) is 7.24. The van der Waals surface area contributed by atoms with Crippen LogP contribution in [0.15, 0.2) is 23.0 Å². The Bertz CT molecular complexity index is 659. The molecule has 1 N–H and O–H groups in total. The van der Waals surface area contributed by atoms with Crippen molar-refractivity contribution in [3.05, 3.63) is 28.7 Å². The molecule has 1 aromatic heterocycles. The number of nitrogens with one attached hydrogen (secondary N) is 1. The molecule has 5 heteroatoms. The molecule has 5 nitrogen and oxygen atoms in total. The van der Waals surface area contributed by atoms with E-state index in [-0.39, 0.29) is 11.7 Å². The highest BCUT2D eigenvalue weighted by molar-refractivity contribution is 5.82. The number of rotatable bonds is 3. The average molecular weight is 275 g/mol. The summed E-state index contributed by atoms with van der Waals surface area (Å²) in [6.45, 7) is 5.29. The van der Waals surface area contributed by atoms with Gasteiger partial charge in [0.25, 0.3) is 0 Å². The minimum atomic E-state index is -0.0348. The van der Waals surface area contributed by atoms with Crippen molar-refractivity contribution < 1.29 is 4.74 Å². The molecule has 1 fully saturated rings. The van der Waals surface area contributed by atoms with E-state index >= 15 is 0 Å². The number of fused-ring (bicyclic) bond motifs is 1. The molecular formula is C15H21N3O2. The largest absolute Gasteiger partial charge is 0.494 e. The Hall–Kier alpha value is -1.75. The number of imidazole rings is 1. The monoisotopic (exact) mass is 275 g/mol. The molecule has 1 aliphatic heterocycles. The number of hydrogen-bond donors (Lipinski definition) is 1. The summed E-state index contributed by atoms with van der Waals surface area (Å²) >= 11 is 0. The van der Waals surface area contributed by atoms with E-state index in [9.17, 15) is 4.79 Å². The second-order valence-corrected chi connectivity index (χ2v) is 5.34. The Morgan fingerprint density at radius 1 is 1.45 bits per heavy atom. The number of likely N-dealkylation sites (N-methyl/N-ethyl adjacent to an activating group) is 1. The quantitative estimate of drug-likeness (QED) is 0.932. The summed E-state index contributed by atoms with van der Waals surface area (Å²) < 4.78 is 7.23. The number of aromatic amines is 1. The smallest absolute Gasteiger partial charge is 0.326 e. The van der Waals surface area contributed by atoms with E-state index < -0.39 is 0 Å². The molecule has 108 valence electrons. The number of aromatic nitrogens is 2. The lowest BCUT2D eigenvalue weighted by Crippen LogP contribution is -2.38. The molecular weight excluding hydrogens is 254 g/mol. The third kappa shape index (κ3) is 2.12. The van der Waals surface area contributed by atoms with Crippen LogP contribution >= 0.6 is 0 Å². The minimum Gasteiger partial charge on any atom is -0.494 e. The Morgan fingerprint density at radius 2 is 2.30 bits per heavy atom. The number of nitrogens with zero attached hydrogens (tertiary/aromatic N) is 2. The molecule has 0 amide bonds. The zero-order chi connectivity index (χ0) is 14.1. The molecule has 20 heavy (non-hydrogen) atoms. The Labute approximate surface area is 118 Å². The van der Waals surface area contributed by atoms with Crippen molar-refractivity contribution in [1.29, 1.82) is 0 Å². The van der Waals surface area contributed by atoms with E-state index in [4.69, 9.17) is 4.74 Å². The molecule has 1 saturated heterocycles. The SMILES string of the molecule is CCN1CCCC(n2c(=O)[nH]c3c(OC)cccc32)C1. The number of H-pyrrole nitrogens is 1. The van der Waals surface area contributed by atoms with Crippen molar-refractivity contribution in [2.75, 3.05) is 26.7 Å². The van der Waals surface area contributed by atoms with Crippen LogP contribution in [-0.2, 0) is 0 Å². The van der Waals surface area contributed by atoms with Gasteiger partial charge in [-0.05, 0) is 38.1 Å². The number of hydrogen-bond acceptors (Lipinski definition) is 3. The van der Waals surface area contributed by atoms with Gasteiger partial charge in [0.15, 0.2) is 0 Å². The summed E-state index contributed by atoms with van der Waals surface area (Å²) in [6, 6.07) is 6.05. The van der Waals surface area contributed by atoms with Crippen molar-refractivity contribution in [3.8, 4) is 5.75 Å². The summed E-state index contributed by atoms with van der Waals surface area (Å²) in [7, 11) is 1.63. The van der Waals surface area contributed by atoms with Crippen molar-refractivity contribution in [3.63, 3.8) is 0 Å². The zero-order valence-corrected chi connectivity index (χ0v) is 12.1. The van der Waals surface area contributed by atoms with Crippen molar-refractivity contribution >= 4 is 11.0 Å². The van der Waals surface area contributed by atoms with E-state index in [0.717, 1.165) is 49.3 Å². The molecule has 0 bridgehead atoms. The van der Waals surface area contributed by atoms with Crippen LogP contribution in [0.3, 0.4) is 0 Å². The second-order valence-electron chi connectivity index (χ2n) is 5.34. The van der Waals surface area contributed by atoms with Gasteiger partial charge in [-0.25, -0.2) is 4.79 Å². The van der Waals surface area contributed by atoms with Crippen molar-refractivity contribution in [1.82, 2.24) is 14.5 Å². The van der Waals surface area contributed by atoms with Gasteiger partial charge in [-0.3, -0.25) is 4.57 Å². The van der Waals surface area contributed by atoms with E-state index in [0.29, 0.717) is 0 Å². The lowest BCUT2D eigenvalue weighted by Gasteiger charge is -2.32. The van der Waals surface area contributed by atoms with Gasteiger partial charge in [0.1, 0.15) is 11.3 Å². The van der Waals surface area contributed by atoms with E-state index in [2.05, 4.69) is 16.8 Å². The van der Waals surface area contributed by atoms with Gasteiger partial charge in [0.05, 0.1) is 18.7 Å². The van der Waals surface area contributed by atoms with Crippen LogP contribution in [0.5, 0.6) is 5.75 Å². The summed E-state index contributed by atoms with van der Waals surface area (Å²) in [4.78, 5) is 17.7. The first-order valence-corrected chi connectivity index (χ1v) is 7.24. The topological polar surface area (TPSA) is 50.3 Å². The maximum absolute atomic E-state index is 12.3. The van der Waals surface area contributed by atoms with Crippen LogP contribution in [-0.4, -0.2) is 41.2 Å². The summed E-state index contributed by atoms with van der Waals surface area (Å²) in [5.74, 6) is 0.724. The zero-order valence-electron chi connectivity index (χ0n) is 12.1. The Morgan fingerprint density at radius 3 is 3.05 bits per heavy atom. The molecule has 2 heterocycles. The minimum absolute atomic E-state index is 0.0348. The maximum Gasteiger partial charge on any atom is 0.326 e. The second kappa shape index (κ2) is 5.32. The number of para-hydroxylation sites is 1. The highest BCUT2D eigenvalue weighted by atomic mass is 16.5. The molecule has 1 atom stereocenters. The van der Waals surface area contributed by atoms with Crippen LogP contribution in [0.4, 0.5) is 0 Å². The van der Waals surface area contributed by atoms with Gasteiger partial charge in [-0.15, -0.1) is 0 Å². The number of benzene rings is 1. The van der Waals surface area contributed by atoms with Gasteiger partial charge in [-0.2, -0.15) is 0 Å².